The Kier molecular flexibility index (Phi) is 5.95. The molecule has 10 heteroatoms. The van der Waals surface area contributed by atoms with E-state index in [2.05, 4.69) is 31.1 Å². The second-order valence-corrected chi connectivity index (χ2v) is 9.98. The summed E-state index contributed by atoms with van der Waals surface area (Å²) < 4.78 is 0. The predicted molar refractivity (Wildman–Crippen MR) is 139 cm³/mol. The Morgan fingerprint density at radius 3 is 2.56 bits per heavy atom. The number of guanidine groups is 1. The minimum Gasteiger partial charge on any atom is -0.507 e. The minimum atomic E-state index is -0.969. The molecule has 5 rings (SSSR count). The summed E-state index contributed by atoms with van der Waals surface area (Å²) >= 11 is 0. The highest BCUT2D eigenvalue weighted by Crippen LogP contribution is 2.42. The molecule has 3 heterocycles. The standard InChI is InChI=1S/C26H29N7O3/c1-16(2)23(24(35)36)28-15-29-25(27)33-13-26(14-33)11-32(12-26)18-8-7-17-9-21(31-30-20(17)10-18)19-5-3-4-6-22(19)34/h3-10,15-16,23,34H,11-14H2,1-2H3,(H,35,36)(H2,27,28,29). The van der Waals surface area contributed by atoms with E-state index in [1.54, 1.807) is 26.0 Å². The molecule has 0 amide bonds. The van der Waals surface area contributed by atoms with E-state index < -0.39 is 12.0 Å². The number of fused-ring (bicyclic) bond motifs is 1. The molecule has 2 fully saturated rings. The molecule has 1 atom stereocenters. The molecule has 2 aromatic carbocycles. The zero-order valence-corrected chi connectivity index (χ0v) is 20.2. The van der Waals surface area contributed by atoms with Crippen LogP contribution < -0.4 is 10.6 Å². The number of hydrogen-bond acceptors (Lipinski definition) is 6. The van der Waals surface area contributed by atoms with Crippen LogP contribution in [0.25, 0.3) is 22.2 Å². The molecule has 0 saturated carbocycles. The van der Waals surface area contributed by atoms with Gasteiger partial charge in [-0.2, -0.15) is 0 Å². The first-order valence-electron chi connectivity index (χ1n) is 11.9. The Hall–Kier alpha value is -4.21. The van der Waals surface area contributed by atoms with E-state index in [0.717, 1.165) is 42.8 Å². The highest BCUT2D eigenvalue weighted by Gasteiger charge is 2.52. The number of nitrogens with zero attached hydrogens (tertiary/aromatic N) is 6. The summed E-state index contributed by atoms with van der Waals surface area (Å²) in [5, 5.41) is 29.0. The first kappa shape index (κ1) is 23.5. The van der Waals surface area contributed by atoms with Gasteiger partial charge in [-0.05, 0) is 36.2 Å². The quantitative estimate of drug-likeness (QED) is 0.356. The van der Waals surface area contributed by atoms with Crippen LogP contribution in [-0.4, -0.2) is 75.8 Å². The number of carboxylic acid groups (broad SMARTS) is 1. The average Bonchev–Trinajstić information content (AvgIpc) is 2.79. The molecule has 2 aliphatic rings. The van der Waals surface area contributed by atoms with Gasteiger partial charge in [0.05, 0.1) is 11.2 Å². The van der Waals surface area contributed by atoms with Crippen LogP contribution in [0.1, 0.15) is 13.8 Å². The zero-order chi connectivity index (χ0) is 25.4. The summed E-state index contributed by atoms with van der Waals surface area (Å²) in [6, 6.07) is 14.4. The predicted octanol–water partition coefficient (Wildman–Crippen LogP) is 2.58. The first-order valence-corrected chi connectivity index (χ1v) is 11.9. The van der Waals surface area contributed by atoms with E-state index >= 15 is 0 Å². The van der Waals surface area contributed by atoms with E-state index in [1.165, 1.54) is 6.34 Å². The van der Waals surface area contributed by atoms with Gasteiger partial charge in [-0.15, -0.1) is 10.2 Å². The molecule has 0 radical (unpaired) electrons. The number of phenolic OH excluding ortho intramolecular Hbond substituents is 1. The fourth-order valence-electron chi connectivity index (χ4n) is 4.88. The van der Waals surface area contributed by atoms with Crippen LogP contribution in [0.5, 0.6) is 5.75 Å². The lowest BCUT2D eigenvalue weighted by molar-refractivity contribution is -0.139. The van der Waals surface area contributed by atoms with Gasteiger partial charge in [0.25, 0.3) is 0 Å². The maximum absolute atomic E-state index is 11.2. The zero-order valence-electron chi connectivity index (χ0n) is 20.2. The number of carbonyl (C=O) groups is 1. The summed E-state index contributed by atoms with van der Waals surface area (Å²) in [4.78, 5) is 23.7. The second-order valence-electron chi connectivity index (χ2n) is 9.98. The third-order valence-corrected chi connectivity index (χ3v) is 6.85. The SMILES string of the molecule is CC(C)C(N=CN=C(N)N1CC2(C1)CN(c1ccc3cc(-c4ccccc4O)nnc3c1)C2)C(=O)O. The van der Waals surface area contributed by atoms with E-state index in [1.807, 2.05) is 35.2 Å². The Labute approximate surface area is 208 Å². The average molecular weight is 488 g/mol. The van der Waals surface area contributed by atoms with Gasteiger partial charge in [0.15, 0.2) is 12.0 Å². The van der Waals surface area contributed by atoms with Gasteiger partial charge in [-0.1, -0.05) is 32.0 Å². The highest BCUT2D eigenvalue weighted by molar-refractivity contribution is 5.88. The van der Waals surface area contributed by atoms with Gasteiger partial charge in [0.2, 0.25) is 0 Å². The normalized spacial score (nSPS) is 18.0. The van der Waals surface area contributed by atoms with E-state index in [0.29, 0.717) is 17.2 Å². The number of aromatic nitrogens is 2. The Bertz CT molecular complexity index is 1360. The molecule has 0 bridgehead atoms. The van der Waals surface area contributed by atoms with Crippen LogP contribution in [0.15, 0.2) is 58.5 Å². The van der Waals surface area contributed by atoms with Crippen LogP contribution in [0, 0.1) is 11.3 Å². The molecular formula is C26H29N7O3. The van der Waals surface area contributed by atoms with E-state index in [-0.39, 0.29) is 17.1 Å². The summed E-state index contributed by atoms with van der Waals surface area (Å²) in [5.74, 6) is -0.551. The molecule has 0 aliphatic carbocycles. The van der Waals surface area contributed by atoms with Crippen molar-refractivity contribution in [2.45, 2.75) is 19.9 Å². The maximum Gasteiger partial charge on any atom is 0.328 e. The molecule has 10 nitrogen and oxygen atoms in total. The molecule has 4 N–H and O–H groups in total. The molecule has 1 aromatic heterocycles. The Balaban J connectivity index is 1.19. The van der Waals surface area contributed by atoms with Crippen molar-refractivity contribution in [1.29, 1.82) is 0 Å². The minimum absolute atomic E-state index is 0.121. The Morgan fingerprint density at radius 1 is 1.11 bits per heavy atom. The first-order chi connectivity index (χ1) is 17.2. The fourth-order valence-corrected chi connectivity index (χ4v) is 4.88. The van der Waals surface area contributed by atoms with E-state index in [9.17, 15) is 15.0 Å². The number of aliphatic carboxylic acids is 1. The summed E-state index contributed by atoms with van der Waals surface area (Å²) in [6.45, 7) is 7.04. The largest absolute Gasteiger partial charge is 0.507 e. The lowest BCUT2D eigenvalue weighted by atomic mass is 9.72. The number of aromatic hydroxyl groups is 1. The topological polar surface area (TPSA) is 141 Å². The van der Waals surface area contributed by atoms with Crippen molar-refractivity contribution in [2.24, 2.45) is 27.1 Å². The number of anilines is 1. The number of rotatable bonds is 6. The molecule has 1 spiro atoms. The molecule has 2 aliphatic heterocycles. The number of para-hydroxylation sites is 1. The van der Waals surface area contributed by atoms with Crippen LogP contribution >= 0.6 is 0 Å². The fraction of sp³-hybridized carbons (Fsp3) is 0.346. The molecule has 36 heavy (non-hydrogen) atoms. The van der Waals surface area contributed by atoms with Crippen molar-refractivity contribution in [1.82, 2.24) is 15.1 Å². The Morgan fingerprint density at radius 2 is 1.86 bits per heavy atom. The van der Waals surface area contributed by atoms with E-state index in [4.69, 9.17) is 5.73 Å². The van der Waals surface area contributed by atoms with Crippen LogP contribution in [0.4, 0.5) is 5.69 Å². The molecule has 2 saturated heterocycles. The van der Waals surface area contributed by atoms with Gasteiger partial charge >= 0.3 is 5.97 Å². The second kappa shape index (κ2) is 9.10. The summed E-state index contributed by atoms with van der Waals surface area (Å²) in [6.07, 6.45) is 1.26. The number of carboxylic acids is 1. The third kappa shape index (κ3) is 4.41. The van der Waals surface area contributed by atoms with Crippen molar-refractivity contribution in [3.8, 4) is 17.0 Å². The van der Waals surface area contributed by atoms with Crippen LogP contribution in [0.2, 0.25) is 0 Å². The van der Waals surface area contributed by atoms with Gasteiger partial charge < -0.3 is 25.7 Å². The van der Waals surface area contributed by atoms with Gasteiger partial charge in [-0.3, -0.25) is 4.99 Å². The number of aliphatic imine (C=N–C) groups is 2. The van der Waals surface area contributed by atoms with Crippen LogP contribution in [0.3, 0.4) is 0 Å². The number of benzene rings is 2. The number of phenols is 1. The molecule has 186 valence electrons. The van der Waals surface area contributed by atoms with Crippen molar-refractivity contribution in [3.05, 3.63) is 48.5 Å². The van der Waals surface area contributed by atoms with Crippen molar-refractivity contribution in [3.63, 3.8) is 0 Å². The van der Waals surface area contributed by atoms with Gasteiger partial charge in [0.1, 0.15) is 12.1 Å². The van der Waals surface area contributed by atoms with Crippen molar-refractivity contribution < 1.29 is 15.0 Å². The lowest BCUT2D eigenvalue weighted by Crippen LogP contribution is -2.73. The molecular weight excluding hydrogens is 458 g/mol. The van der Waals surface area contributed by atoms with Crippen molar-refractivity contribution in [2.75, 3.05) is 31.1 Å². The maximum atomic E-state index is 11.2. The lowest BCUT2D eigenvalue weighted by Gasteiger charge is -2.61. The summed E-state index contributed by atoms with van der Waals surface area (Å²) in [7, 11) is 0. The highest BCUT2D eigenvalue weighted by atomic mass is 16.4. The van der Waals surface area contributed by atoms with Crippen molar-refractivity contribution >= 4 is 34.9 Å². The third-order valence-electron chi connectivity index (χ3n) is 6.85. The number of likely N-dealkylation sites (tertiary alicyclic amines) is 1. The van der Waals surface area contributed by atoms with Crippen LogP contribution in [-0.2, 0) is 4.79 Å². The van der Waals surface area contributed by atoms with Gasteiger partial charge in [0, 0.05) is 48.2 Å². The van der Waals surface area contributed by atoms with Gasteiger partial charge in [-0.25, -0.2) is 9.79 Å². The smallest absolute Gasteiger partial charge is 0.328 e. The summed E-state index contributed by atoms with van der Waals surface area (Å²) in [5.41, 5.74) is 9.45. The molecule has 1 unspecified atom stereocenters. The number of nitrogens with two attached hydrogens (primary N) is 1. The monoisotopic (exact) mass is 487 g/mol. The molecule has 3 aromatic rings. The number of hydrogen-bond donors (Lipinski definition) is 3.